The Bertz CT molecular complexity index is 999. The van der Waals surface area contributed by atoms with Crippen molar-refractivity contribution in [1.82, 2.24) is 4.90 Å². The van der Waals surface area contributed by atoms with Gasteiger partial charge in [0, 0.05) is 32.3 Å². The van der Waals surface area contributed by atoms with Crippen LogP contribution in [0.15, 0.2) is 48.2 Å². The van der Waals surface area contributed by atoms with Crippen molar-refractivity contribution in [2.45, 2.75) is 6.92 Å². The standard InChI is InChI=1S/C23H24ClFN2O4/c1-15-4-9-18(14-19(15)24)27-22(28)20(16-5-7-17(25)8-6-16)21(23(27)29)26(10-12-30-2)11-13-31-3/h4-9,14H,10-13H2,1-3H3. The van der Waals surface area contributed by atoms with Gasteiger partial charge >= 0.3 is 0 Å². The fourth-order valence-corrected chi connectivity index (χ4v) is 3.56. The molecule has 164 valence electrons. The SMILES string of the molecule is COCCN(CCOC)C1=C(c2ccc(F)cc2)C(=O)N(c2ccc(C)c(Cl)c2)C1=O. The largest absolute Gasteiger partial charge is 0.383 e. The van der Waals surface area contributed by atoms with E-state index in [1.54, 1.807) is 37.3 Å². The summed E-state index contributed by atoms with van der Waals surface area (Å²) in [5, 5.41) is 0.450. The number of hydrogen-bond donors (Lipinski definition) is 0. The molecule has 1 aliphatic heterocycles. The zero-order valence-electron chi connectivity index (χ0n) is 17.7. The summed E-state index contributed by atoms with van der Waals surface area (Å²) in [4.78, 5) is 29.9. The minimum absolute atomic E-state index is 0.203. The summed E-state index contributed by atoms with van der Waals surface area (Å²) >= 11 is 6.25. The topological polar surface area (TPSA) is 59.1 Å². The molecule has 0 saturated carbocycles. The van der Waals surface area contributed by atoms with Crippen LogP contribution in [0.1, 0.15) is 11.1 Å². The smallest absolute Gasteiger partial charge is 0.282 e. The number of aryl methyl sites for hydroxylation is 1. The zero-order chi connectivity index (χ0) is 22.5. The second kappa shape index (κ2) is 10.0. The maximum Gasteiger partial charge on any atom is 0.282 e. The molecule has 0 fully saturated rings. The van der Waals surface area contributed by atoms with Crippen LogP contribution in [-0.2, 0) is 19.1 Å². The van der Waals surface area contributed by atoms with E-state index in [4.69, 9.17) is 21.1 Å². The Kier molecular flexibility index (Phi) is 7.43. The molecule has 1 heterocycles. The lowest BCUT2D eigenvalue weighted by Gasteiger charge is -2.25. The number of carbonyl (C=O) groups excluding carboxylic acids is 2. The fourth-order valence-electron chi connectivity index (χ4n) is 3.38. The predicted octanol–water partition coefficient (Wildman–Crippen LogP) is 3.67. The van der Waals surface area contributed by atoms with Gasteiger partial charge in [0.25, 0.3) is 11.8 Å². The fraction of sp³-hybridized carbons (Fsp3) is 0.304. The van der Waals surface area contributed by atoms with Crippen LogP contribution < -0.4 is 4.90 Å². The van der Waals surface area contributed by atoms with Gasteiger partial charge in [-0.25, -0.2) is 9.29 Å². The lowest BCUT2D eigenvalue weighted by molar-refractivity contribution is -0.120. The quantitative estimate of drug-likeness (QED) is 0.550. The molecule has 1 aliphatic rings. The van der Waals surface area contributed by atoms with Gasteiger partial charge < -0.3 is 14.4 Å². The van der Waals surface area contributed by atoms with Crippen LogP contribution in [-0.4, -0.2) is 57.2 Å². The molecule has 0 bridgehead atoms. The first-order chi connectivity index (χ1) is 14.9. The highest BCUT2D eigenvalue weighted by molar-refractivity contribution is 6.45. The van der Waals surface area contributed by atoms with Crippen molar-refractivity contribution in [2.75, 3.05) is 45.4 Å². The number of halogens is 2. The highest BCUT2D eigenvalue weighted by atomic mass is 35.5. The molecule has 0 spiro atoms. The maximum atomic E-state index is 13.5. The second-order valence-electron chi connectivity index (χ2n) is 7.08. The molecule has 0 saturated heterocycles. The number of carbonyl (C=O) groups is 2. The summed E-state index contributed by atoms with van der Waals surface area (Å²) in [5.74, 6) is -1.40. The summed E-state index contributed by atoms with van der Waals surface area (Å²) in [6.45, 7) is 3.29. The van der Waals surface area contributed by atoms with E-state index < -0.39 is 17.6 Å². The van der Waals surface area contributed by atoms with Gasteiger partial charge in [0.05, 0.1) is 24.5 Å². The zero-order valence-corrected chi connectivity index (χ0v) is 18.4. The minimum Gasteiger partial charge on any atom is -0.383 e. The molecule has 0 radical (unpaired) electrons. The van der Waals surface area contributed by atoms with Crippen LogP contribution in [0.4, 0.5) is 10.1 Å². The number of ether oxygens (including phenoxy) is 2. The average molecular weight is 447 g/mol. The molecule has 0 aliphatic carbocycles. The van der Waals surface area contributed by atoms with Gasteiger partial charge in [-0.05, 0) is 42.3 Å². The van der Waals surface area contributed by atoms with Crippen molar-refractivity contribution < 1.29 is 23.5 Å². The van der Waals surface area contributed by atoms with Gasteiger partial charge in [-0.3, -0.25) is 9.59 Å². The lowest BCUT2D eigenvalue weighted by Crippen LogP contribution is -2.37. The molecule has 0 unspecified atom stereocenters. The summed E-state index contributed by atoms with van der Waals surface area (Å²) in [5.41, 5.74) is 2.09. The van der Waals surface area contributed by atoms with E-state index in [1.165, 1.54) is 24.3 Å². The van der Waals surface area contributed by atoms with Crippen LogP contribution in [0.25, 0.3) is 5.57 Å². The minimum atomic E-state index is -0.494. The second-order valence-corrected chi connectivity index (χ2v) is 7.49. The maximum absolute atomic E-state index is 13.5. The molecule has 0 atom stereocenters. The molecule has 3 rings (SSSR count). The molecular weight excluding hydrogens is 423 g/mol. The van der Waals surface area contributed by atoms with E-state index in [9.17, 15) is 14.0 Å². The first-order valence-electron chi connectivity index (χ1n) is 9.77. The third kappa shape index (κ3) is 4.79. The lowest BCUT2D eigenvalue weighted by atomic mass is 10.0. The van der Waals surface area contributed by atoms with Gasteiger partial charge in [-0.2, -0.15) is 0 Å². The van der Waals surface area contributed by atoms with Crippen molar-refractivity contribution in [3.8, 4) is 0 Å². The molecule has 2 amide bonds. The number of imide groups is 1. The summed E-state index contributed by atoms with van der Waals surface area (Å²) in [6.07, 6.45) is 0. The molecular formula is C23H24ClFN2O4. The van der Waals surface area contributed by atoms with Crippen molar-refractivity contribution in [3.05, 3.63) is 70.1 Å². The Morgan fingerprint density at radius 3 is 2.13 bits per heavy atom. The molecule has 0 aromatic heterocycles. The monoisotopic (exact) mass is 446 g/mol. The Morgan fingerprint density at radius 1 is 0.968 bits per heavy atom. The first kappa shape index (κ1) is 22.9. The Balaban J connectivity index is 2.13. The van der Waals surface area contributed by atoms with Gasteiger partial charge in [0.15, 0.2) is 0 Å². The van der Waals surface area contributed by atoms with E-state index in [0.29, 0.717) is 42.6 Å². The highest BCUT2D eigenvalue weighted by Gasteiger charge is 2.42. The number of nitrogens with zero attached hydrogens (tertiary/aromatic N) is 2. The van der Waals surface area contributed by atoms with Crippen LogP contribution in [0.2, 0.25) is 5.02 Å². The van der Waals surface area contributed by atoms with Crippen LogP contribution in [0.3, 0.4) is 0 Å². The Hall–Kier alpha value is -2.74. The van der Waals surface area contributed by atoms with Crippen molar-refractivity contribution in [3.63, 3.8) is 0 Å². The van der Waals surface area contributed by atoms with Crippen molar-refractivity contribution in [2.24, 2.45) is 0 Å². The molecule has 0 N–H and O–H groups in total. The van der Waals surface area contributed by atoms with E-state index in [1.807, 2.05) is 6.92 Å². The summed E-state index contributed by atoms with van der Waals surface area (Å²) in [7, 11) is 3.12. The van der Waals surface area contributed by atoms with Crippen LogP contribution >= 0.6 is 11.6 Å². The Morgan fingerprint density at radius 2 is 1.58 bits per heavy atom. The Labute approximate surface area is 185 Å². The van der Waals surface area contributed by atoms with Gasteiger partial charge in [0.1, 0.15) is 11.5 Å². The van der Waals surface area contributed by atoms with Crippen LogP contribution in [0.5, 0.6) is 0 Å². The molecule has 31 heavy (non-hydrogen) atoms. The molecule has 8 heteroatoms. The van der Waals surface area contributed by atoms with Gasteiger partial charge in [-0.1, -0.05) is 29.8 Å². The summed E-state index contributed by atoms with van der Waals surface area (Å²) < 4.78 is 23.9. The van der Waals surface area contributed by atoms with Gasteiger partial charge in [0.2, 0.25) is 0 Å². The highest BCUT2D eigenvalue weighted by Crippen LogP contribution is 2.36. The number of rotatable bonds is 9. The van der Waals surface area contributed by atoms with Crippen LogP contribution in [0, 0.1) is 12.7 Å². The van der Waals surface area contributed by atoms with Crippen molar-refractivity contribution in [1.29, 1.82) is 0 Å². The number of anilines is 1. The number of methoxy groups -OCH3 is 2. The third-order valence-corrected chi connectivity index (χ3v) is 5.46. The van der Waals surface area contributed by atoms with E-state index >= 15 is 0 Å². The van der Waals surface area contributed by atoms with Gasteiger partial charge in [-0.15, -0.1) is 0 Å². The van der Waals surface area contributed by atoms with Crippen molar-refractivity contribution >= 4 is 34.7 Å². The normalized spacial score (nSPS) is 14.0. The number of hydrogen-bond acceptors (Lipinski definition) is 5. The van der Waals surface area contributed by atoms with E-state index in [-0.39, 0.29) is 11.3 Å². The summed E-state index contributed by atoms with van der Waals surface area (Å²) in [6, 6.07) is 10.5. The molecule has 2 aromatic rings. The number of benzene rings is 2. The van der Waals surface area contributed by atoms with E-state index in [0.717, 1.165) is 10.5 Å². The average Bonchev–Trinajstić information content (AvgIpc) is 3.01. The first-order valence-corrected chi connectivity index (χ1v) is 10.1. The molecule has 2 aromatic carbocycles. The predicted molar refractivity (Wildman–Crippen MR) is 117 cm³/mol. The third-order valence-electron chi connectivity index (χ3n) is 5.05. The molecule has 6 nitrogen and oxygen atoms in total. The van der Waals surface area contributed by atoms with E-state index in [2.05, 4.69) is 0 Å². The number of amides is 2.